The van der Waals surface area contributed by atoms with E-state index in [1.165, 1.54) is 38.4 Å². The number of allylic oxidation sites excluding steroid dienone is 1. The summed E-state index contributed by atoms with van der Waals surface area (Å²) in [5.74, 6) is 5.93. The molecule has 3 nitrogen and oxygen atoms in total. The summed E-state index contributed by atoms with van der Waals surface area (Å²) in [5.41, 5.74) is 0. The van der Waals surface area contributed by atoms with Crippen molar-refractivity contribution >= 4 is 0 Å². The highest BCUT2D eigenvalue weighted by Crippen LogP contribution is 2.05. The second-order valence-electron chi connectivity index (χ2n) is 4.31. The molecule has 0 amide bonds. The van der Waals surface area contributed by atoms with Crippen molar-refractivity contribution in [1.82, 2.24) is 0 Å². The van der Waals surface area contributed by atoms with Crippen LogP contribution in [0.3, 0.4) is 0 Å². The van der Waals surface area contributed by atoms with Crippen molar-refractivity contribution in [3.63, 3.8) is 0 Å². The summed E-state index contributed by atoms with van der Waals surface area (Å²) in [7, 11) is 0. The first-order valence-electron chi connectivity index (χ1n) is 6.85. The summed E-state index contributed by atoms with van der Waals surface area (Å²) in [6, 6.07) is 0. The van der Waals surface area contributed by atoms with Crippen molar-refractivity contribution in [2.24, 2.45) is 0 Å². The lowest BCUT2D eigenvalue weighted by Gasteiger charge is -2.04. The fourth-order valence-corrected chi connectivity index (χ4v) is 1.43. The van der Waals surface area contributed by atoms with Gasteiger partial charge in [0.1, 0.15) is 12.7 Å². The van der Waals surface area contributed by atoms with Gasteiger partial charge in [-0.1, -0.05) is 50.9 Å². The zero-order valence-electron chi connectivity index (χ0n) is 11.4. The van der Waals surface area contributed by atoms with Crippen molar-refractivity contribution in [3.8, 4) is 11.8 Å². The van der Waals surface area contributed by atoms with Gasteiger partial charge in [0.2, 0.25) is 0 Å². The first-order chi connectivity index (χ1) is 8.81. The first-order valence-corrected chi connectivity index (χ1v) is 6.85. The van der Waals surface area contributed by atoms with Crippen LogP contribution in [0.5, 0.6) is 0 Å². The summed E-state index contributed by atoms with van der Waals surface area (Å²) in [4.78, 5) is 0. The molecule has 0 bridgehead atoms. The third-order valence-electron chi connectivity index (χ3n) is 2.50. The van der Waals surface area contributed by atoms with E-state index >= 15 is 0 Å². The second-order valence-corrected chi connectivity index (χ2v) is 4.31. The molecule has 0 aromatic heterocycles. The van der Waals surface area contributed by atoms with Crippen LogP contribution in [0.15, 0.2) is 12.3 Å². The lowest BCUT2D eigenvalue weighted by atomic mass is 10.1. The van der Waals surface area contributed by atoms with Crippen LogP contribution in [0.1, 0.15) is 51.9 Å². The van der Waals surface area contributed by atoms with Crippen LogP contribution >= 0.6 is 0 Å². The number of hydrogen-bond donors (Lipinski definition) is 2. The molecule has 0 saturated heterocycles. The van der Waals surface area contributed by atoms with E-state index < -0.39 is 6.10 Å². The second kappa shape index (κ2) is 14.1. The first kappa shape index (κ1) is 17.0. The van der Waals surface area contributed by atoms with Crippen LogP contribution in [-0.2, 0) is 4.74 Å². The van der Waals surface area contributed by atoms with E-state index in [-0.39, 0.29) is 13.2 Å². The Morgan fingerprint density at radius 2 is 1.89 bits per heavy atom. The minimum absolute atomic E-state index is 0.103. The molecule has 0 aromatic rings. The Balaban J connectivity index is 3.30. The van der Waals surface area contributed by atoms with Crippen LogP contribution in [0.4, 0.5) is 0 Å². The normalized spacial score (nSPS) is 12.2. The van der Waals surface area contributed by atoms with Gasteiger partial charge in [0, 0.05) is 12.5 Å². The van der Waals surface area contributed by atoms with E-state index in [1.54, 1.807) is 6.08 Å². The van der Waals surface area contributed by atoms with Crippen LogP contribution in [0, 0.1) is 11.8 Å². The maximum atomic E-state index is 8.97. The van der Waals surface area contributed by atoms with E-state index in [0.29, 0.717) is 0 Å². The highest BCUT2D eigenvalue weighted by atomic mass is 16.5. The monoisotopic (exact) mass is 254 g/mol. The molecule has 0 spiro atoms. The van der Waals surface area contributed by atoms with Gasteiger partial charge in [0.15, 0.2) is 0 Å². The molecule has 0 rings (SSSR count). The average Bonchev–Trinajstić information content (AvgIpc) is 2.39. The smallest absolute Gasteiger partial charge is 0.115 e. The van der Waals surface area contributed by atoms with E-state index in [0.717, 1.165) is 12.8 Å². The Hall–Kier alpha value is -0.980. The predicted octanol–water partition coefficient (Wildman–Crippen LogP) is 2.62. The summed E-state index contributed by atoms with van der Waals surface area (Å²) < 4.78 is 4.97. The third-order valence-corrected chi connectivity index (χ3v) is 2.50. The van der Waals surface area contributed by atoms with Gasteiger partial charge in [-0.05, 0) is 6.42 Å². The van der Waals surface area contributed by atoms with Gasteiger partial charge in [0.05, 0.1) is 12.9 Å². The fraction of sp³-hybridized carbons (Fsp3) is 0.733. The molecular weight excluding hydrogens is 228 g/mol. The van der Waals surface area contributed by atoms with Crippen LogP contribution in [0.25, 0.3) is 0 Å². The minimum atomic E-state index is -0.814. The molecule has 0 fully saturated rings. The number of unbranched alkanes of at least 4 members (excludes halogenated alkanes) is 6. The Kier molecular flexibility index (Phi) is 13.3. The molecule has 3 heteroatoms. The summed E-state index contributed by atoms with van der Waals surface area (Å²) in [6.45, 7) is 2.04. The standard InChI is InChI=1S/C15H26O3/c1-2-3-4-5-6-7-8-9-10-11-12-18-14-15(17)13-16/h11-12,15-17H,2-8,13-14H2,1H3. The third kappa shape index (κ3) is 13.1. The van der Waals surface area contributed by atoms with Crippen LogP contribution in [0.2, 0.25) is 0 Å². The molecule has 18 heavy (non-hydrogen) atoms. The van der Waals surface area contributed by atoms with Gasteiger partial charge in [0.25, 0.3) is 0 Å². The summed E-state index contributed by atoms with van der Waals surface area (Å²) >= 11 is 0. The van der Waals surface area contributed by atoms with Crippen molar-refractivity contribution in [3.05, 3.63) is 12.3 Å². The molecule has 0 aromatic carbocycles. The predicted molar refractivity (Wildman–Crippen MR) is 74.0 cm³/mol. The molecule has 0 heterocycles. The van der Waals surface area contributed by atoms with Gasteiger partial charge in [-0.25, -0.2) is 0 Å². The zero-order valence-corrected chi connectivity index (χ0v) is 11.4. The summed E-state index contributed by atoms with van der Waals surface area (Å²) in [5, 5.41) is 17.5. The van der Waals surface area contributed by atoms with Gasteiger partial charge >= 0.3 is 0 Å². The van der Waals surface area contributed by atoms with E-state index in [4.69, 9.17) is 14.9 Å². The van der Waals surface area contributed by atoms with Gasteiger partial charge in [-0.3, -0.25) is 0 Å². The highest BCUT2D eigenvalue weighted by Gasteiger charge is 1.98. The van der Waals surface area contributed by atoms with E-state index in [1.807, 2.05) is 0 Å². The minimum Gasteiger partial charge on any atom is -0.498 e. The number of rotatable bonds is 10. The molecule has 0 saturated carbocycles. The van der Waals surface area contributed by atoms with Gasteiger partial charge < -0.3 is 14.9 Å². The zero-order chi connectivity index (χ0) is 13.5. The Labute approximate surface area is 111 Å². The topological polar surface area (TPSA) is 49.7 Å². The molecule has 0 aliphatic carbocycles. The van der Waals surface area contributed by atoms with Crippen LogP contribution in [-0.4, -0.2) is 29.5 Å². The molecule has 2 N–H and O–H groups in total. The number of aliphatic hydroxyl groups excluding tert-OH is 2. The van der Waals surface area contributed by atoms with E-state index in [9.17, 15) is 0 Å². The Bertz CT molecular complexity index is 250. The average molecular weight is 254 g/mol. The number of ether oxygens (including phenoxy) is 1. The number of hydrogen-bond acceptors (Lipinski definition) is 3. The van der Waals surface area contributed by atoms with Crippen molar-refractivity contribution < 1.29 is 14.9 Å². The lowest BCUT2D eigenvalue weighted by Crippen LogP contribution is -2.17. The molecule has 0 radical (unpaired) electrons. The fourth-order valence-electron chi connectivity index (χ4n) is 1.43. The molecule has 1 atom stereocenters. The number of aliphatic hydroxyl groups is 2. The lowest BCUT2D eigenvalue weighted by molar-refractivity contribution is 0.0385. The molecule has 0 aliphatic rings. The maximum absolute atomic E-state index is 8.97. The summed E-state index contributed by atoms with van der Waals surface area (Å²) in [6.07, 6.45) is 10.9. The highest BCUT2D eigenvalue weighted by molar-refractivity contribution is 5.13. The molecule has 0 aliphatic heterocycles. The van der Waals surface area contributed by atoms with Crippen molar-refractivity contribution in [1.29, 1.82) is 0 Å². The molecule has 104 valence electrons. The maximum Gasteiger partial charge on any atom is 0.115 e. The Morgan fingerprint density at radius 3 is 2.61 bits per heavy atom. The van der Waals surface area contributed by atoms with Crippen molar-refractivity contribution in [2.45, 2.75) is 58.0 Å². The molecular formula is C15H26O3. The van der Waals surface area contributed by atoms with Gasteiger partial charge in [-0.2, -0.15) is 0 Å². The molecule has 1 unspecified atom stereocenters. The largest absolute Gasteiger partial charge is 0.498 e. The van der Waals surface area contributed by atoms with E-state index in [2.05, 4.69) is 18.8 Å². The van der Waals surface area contributed by atoms with Crippen molar-refractivity contribution in [2.75, 3.05) is 13.2 Å². The SMILES string of the molecule is CCCCCCCCC#CC=COCC(O)CO. The van der Waals surface area contributed by atoms with Gasteiger partial charge in [-0.15, -0.1) is 0 Å². The Morgan fingerprint density at radius 1 is 1.17 bits per heavy atom. The quantitative estimate of drug-likeness (QED) is 0.358. The van der Waals surface area contributed by atoms with Crippen LogP contribution < -0.4 is 0 Å².